The van der Waals surface area contributed by atoms with E-state index in [2.05, 4.69) is 15.5 Å². The molecule has 0 aromatic carbocycles. The maximum absolute atomic E-state index is 12.9. The molecule has 3 rings (SSSR count). The Balaban J connectivity index is 1.67. The quantitative estimate of drug-likeness (QED) is 0.892. The van der Waals surface area contributed by atoms with Crippen molar-refractivity contribution in [2.24, 2.45) is 0 Å². The Labute approximate surface area is 139 Å². The second-order valence-electron chi connectivity index (χ2n) is 5.45. The lowest BCUT2D eigenvalue weighted by molar-refractivity contribution is -0.148. The van der Waals surface area contributed by atoms with Gasteiger partial charge in [-0.05, 0) is 19.1 Å². The van der Waals surface area contributed by atoms with Gasteiger partial charge in [-0.2, -0.15) is 13.2 Å². The van der Waals surface area contributed by atoms with Crippen molar-refractivity contribution in [2.45, 2.75) is 25.7 Å². The Morgan fingerprint density at radius 2 is 2.12 bits per heavy atom. The van der Waals surface area contributed by atoms with Crippen molar-refractivity contribution >= 4 is 11.8 Å². The summed E-state index contributed by atoms with van der Waals surface area (Å²) in [5.41, 5.74) is 0. The van der Waals surface area contributed by atoms with E-state index in [1.165, 1.54) is 23.3 Å². The first-order valence-electron chi connectivity index (χ1n) is 7.40. The van der Waals surface area contributed by atoms with E-state index in [1.807, 2.05) is 0 Å². The highest BCUT2D eigenvalue weighted by Crippen LogP contribution is 2.32. The van der Waals surface area contributed by atoms with Gasteiger partial charge in [0.1, 0.15) is 0 Å². The fraction of sp³-hybridized carbons (Fsp3) is 0.429. The number of fused-ring (bicyclic) bond motifs is 1. The number of rotatable bonds is 3. The molecule has 3 heterocycles. The minimum Gasteiger partial charge on any atom is -0.459 e. The maximum atomic E-state index is 12.9. The molecule has 0 saturated heterocycles. The lowest BCUT2D eigenvalue weighted by Gasteiger charge is -2.33. The molecule has 0 radical (unpaired) electrons. The molecule has 0 fully saturated rings. The second kappa shape index (κ2) is 6.22. The largest absolute Gasteiger partial charge is 0.459 e. The van der Waals surface area contributed by atoms with Crippen LogP contribution in [0.4, 0.5) is 13.2 Å². The number of hydrogen-bond donors (Lipinski definition) is 1. The number of halogens is 3. The third kappa shape index (κ3) is 3.21. The van der Waals surface area contributed by atoms with Gasteiger partial charge in [0.05, 0.1) is 18.8 Å². The van der Waals surface area contributed by atoms with E-state index in [0.717, 1.165) is 4.57 Å². The van der Waals surface area contributed by atoms with Crippen LogP contribution in [0.5, 0.6) is 0 Å². The van der Waals surface area contributed by atoms with Crippen LogP contribution in [0.1, 0.15) is 35.2 Å². The van der Waals surface area contributed by atoms with Crippen LogP contribution in [0.15, 0.2) is 22.8 Å². The molecule has 25 heavy (non-hydrogen) atoms. The lowest BCUT2D eigenvalue weighted by atomic mass is 10.2. The van der Waals surface area contributed by atoms with Gasteiger partial charge < -0.3 is 19.2 Å². The summed E-state index contributed by atoms with van der Waals surface area (Å²) in [6, 6.07) is 2.30. The van der Waals surface area contributed by atoms with Crippen molar-refractivity contribution in [3.63, 3.8) is 0 Å². The fourth-order valence-corrected chi connectivity index (χ4v) is 2.69. The van der Waals surface area contributed by atoms with Gasteiger partial charge in [-0.25, -0.2) is 0 Å². The summed E-state index contributed by atoms with van der Waals surface area (Å²) in [6.07, 6.45) is -3.28. The molecule has 1 unspecified atom stereocenters. The molecule has 0 saturated carbocycles. The normalized spacial score (nSPS) is 17.3. The Bertz CT molecular complexity index is 784. The topological polar surface area (TPSA) is 93.3 Å². The van der Waals surface area contributed by atoms with E-state index in [0.29, 0.717) is 0 Å². The predicted molar refractivity (Wildman–Crippen MR) is 76.2 cm³/mol. The standard InChI is InChI=1S/C14H14F3N5O3/c1-8-11-19-20-13(14(15,16)17)22(11)5-4-21(8)10(23)7-18-12(24)9-3-2-6-25-9/h2-3,6,8H,4-5,7H2,1H3,(H,18,24). The summed E-state index contributed by atoms with van der Waals surface area (Å²) in [5, 5.41) is 9.17. The minimum atomic E-state index is -4.60. The molecule has 0 bridgehead atoms. The van der Waals surface area contributed by atoms with Crippen LogP contribution in [0, 0.1) is 0 Å². The Morgan fingerprint density at radius 1 is 1.36 bits per heavy atom. The number of alkyl halides is 3. The Morgan fingerprint density at radius 3 is 2.76 bits per heavy atom. The van der Waals surface area contributed by atoms with Crippen molar-refractivity contribution in [2.75, 3.05) is 13.1 Å². The highest BCUT2D eigenvalue weighted by molar-refractivity contribution is 5.94. The SMILES string of the molecule is CC1c2nnc(C(F)(F)F)n2CCN1C(=O)CNC(=O)c1ccco1. The lowest BCUT2D eigenvalue weighted by Crippen LogP contribution is -2.46. The van der Waals surface area contributed by atoms with Gasteiger partial charge in [-0.3, -0.25) is 9.59 Å². The van der Waals surface area contributed by atoms with Gasteiger partial charge in [0.25, 0.3) is 5.91 Å². The molecule has 1 aliphatic rings. The van der Waals surface area contributed by atoms with E-state index < -0.39 is 29.9 Å². The van der Waals surface area contributed by atoms with Gasteiger partial charge in [-0.1, -0.05) is 0 Å². The number of carbonyl (C=O) groups excluding carboxylic acids is 2. The smallest absolute Gasteiger partial charge is 0.451 e. The Hall–Kier alpha value is -2.85. The zero-order valence-electron chi connectivity index (χ0n) is 13.1. The number of amides is 2. The summed E-state index contributed by atoms with van der Waals surface area (Å²) in [4.78, 5) is 25.4. The van der Waals surface area contributed by atoms with Crippen molar-refractivity contribution < 1.29 is 27.2 Å². The average Bonchev–Trinajstić information content (AvgIpc) is 3.21. The number of nitrogens with one attached hydrogen (secondary N) is 1. The molecule has 2 aromatic heterocycles. The molecule has 2 aromatic rings. The molecule has 0 spiro atoms. The Kier molecular flexibility index (Phi) is 4.23. The molecular weight excluding hydrogens is 343 g/mol. The fourth-order valence-electron chi connectivity index (χ4n) is 2.69. The molecule has 1 N–H and O–H groups in total. The van der Waals surface area contributed by atoms with Crippen LogP contribution >= 0.6 is 0 Å². The first-order chi connectivity index (χ1) is 11.8. The molecule has 11 heteroatoms. The van der Waals surface area contributed by atoms with Crippen LogP contribution in [0.3, 0.4) is 0 Å². The zero-order valence-corrected chi connectivity index (χ0v) is 13.1. The van der Waals surface area contributed by atoms with E-state index in [9.17, 15) is 22.8 Å². The maximum Gasteiger partial charge on any atom is 0.451 e. The van der Waals surface area contributed by atoms with E-state index in [1.54, 1.807) is 6.92 Å². The summed E-state index contributed by atoms with van der Waals surface area (Å²) >= 11 is 0. The monoisotopic (exact) mass is 357 g/mol. The minimum absolute atomic E-state index is 0.0595. The number of hydrogen-bond acceptors (Lipinski definition) is 5. The third-order valence-electron chi connectivity index (χ3n) is 3.90. The van der Waals surface area contributed by atoms with Crippen LogP contribution in [-0.2, 0) is 17.5 Å². The van der Waals surface area contributed by atoms with Crippen LogP contribution in [-0.4, -0.2) is 44.6 Å². The number of carbonyl (C=O) groups is 2. The summed E-state index contributed by atoms with van der Waals surface area (Å²) in [7, 11) is 0. The van der Waals surface area contributed by atoms with E-state index in [4.69, 9.17) is 4.42 Å². The number of nitrogens with zero attached hydrogens (tertiary/aromatic N) is 4. The van der Waals surface area contributed by atoms with Crippen LogP contribution in [0.2, 0.25) is 0 Å². The van der Waals surface area contributed by atoms with Gasteiger partial charge in [-0.15, -0.1) is 10.2 Å². The second-order valence-corrected chi connectivity index (χ2v) is 5.45. The van der Waals surface area contributed by atoms with Crippen molar-refractivity contribution in [1.29, 1.82) is 0 Å². The van der Waals surface area contributed by atoms with E-state index >= 15 is 0 Å². The van der Waals surface area contributed by atoms with Crippen molar-refractivity contribution in [3.8, 4) is 0 Å². The molecule has 1 aliphatic heterocycles. The molecule has 8 nitrogen and oxygen atoms in total. The molecular formula is C14H14F3N5O3. The molecule has 0 aliphatic carbocycles. The van der Waals surface area contributed by atoms with Gasteiger partial charge in [0.15, 0.2) is 11.6 Å². The average molecular weight is 357 g/mol. The highest BCUT2D eigenvalue weighted by atomic mass is 19.4. The van der Waals surface area contributed by atoms with Crippen molar-refractivity contribution in [1.82, 2.24) is 25.0 Å². The van der Waals surface area contributed by atoms with Crippen molar-refractivity contribution in [3.05, 3.63) is 35.8 Å². The summed E-state index contributed by atoms with van der Waals surface area (Å²) < 4.78 is 44.5. The molecule has 2 amide bonds. The summed E-state index contributed by atoms with van der Waals surface area (Å²) in [5.74, 6) is -1.94. The first kappa shape index (κ1) is 17.0. The molecule has 1 atom stereocenters. The summed E-state index contributed by atoms with van der Waals surface area (Å²) in [6.45, 7) is 1.25. The van der Waals surface area contributed by atoms with Gasteiger partial charge >= 0.3 is 6.18 Å². The number of aromatic nitrogens is 3. The first-order valence-corrected chi connectivity index (χ1v) is 7.40. The van der Waals surface area contributed by atoms with Gasteiger partial charge in [0.2, 0.25) is 11.7 Å². The van der Waals surface area contributed by atoms with Crippen LogP contribution in [0.25, 0.3) is 0 Å². The third-order valence-corrected chi connectivity index (χ3v) is 3.90. The van der Waals surface area contributed by atoms with Crippen LogP contribution < -0.4 is 5.32 Å². The predicted octanol–water partition coefficient (Wildman–Crippen LogP) is 1.22. The zero-order chi connectivity index (χ0) is 18.2. The number of furan rings is 1. The van der Waals surface area contributed by atoms with E-state index in [-0.39, 0.29) is 31.2 Å². The molecule has 134 valence electrons. The highest BCUT2D eigenvalue weighted by Gasteiger charge is 2.41. The van der Waals surface area contributed by atoms with Gasteiger partial charge in [0, 0.05) is 13.1 Å².